The van der Waals surface area contributed by atoms with Crippen LogP contribution in [-0.4, -0.2) is 78.0 Å². The molecule has 3 aromatic rings. The second-order valence-electron chi connectivity index (χ2n) is 9.24. The summed E-state index contributed by atoms with van der Waals surface area (Å²) in [5.41, 5.74) is 1.58. The van der Waals surface area contributed by atoms with Gasteiger partial charge < -0.3 is 20.4 Å². The Morgan fingerprint density at radius 3 is 2.76 bits per heavy atom. The summed E-state index contributed by atoms with van der Waals surface area (Å²) in [6.07, 6.45) is 6.26. The average molecular weight is 653 g/mol. The maximum Gasteiger partial charge on any atom is 0.252 e. The Hall–Kier alpha value is -1.20. The standard InChI is InChI=1S/C25H31BrN6OS.3ClH/c1-31-10-4-12-32(14-13-31)11-3-9-27-25-28-16-20(26)23(30-25)22-15-19-18(5-2-6-21(19)34-22)24(33)29-17-7-8-17;;;/h2,5-6,15-17H,3-4,7-14H2,1H3,(H,29,33)(H,27,28,30);3*1H. The second-order valence-corrected chi connectivity index (χ2v) is 11.2. The molecule has 1 saturated heterocycles. The van der Waals surface area contributed by atoms with E-state index < -0.39 is 0 Å². The maximum absolute atomic E-state index is 12.7. The predicted octanol–water partition coefficient (Wildman–Crippen LogP) is 5.72. The van der Waals surface area contributed by atoms with E-state index in [-0.39, 0.29) is 43.1 Å². The predicted molar refractivity (Wildman–Crippen MR) is 164 cm³/mol. The van der Waals surface area contributed by atoms with Crippen molar-refractivity contribution in [1.29, 1.82) is 0 Å². The van der Waals surface area contributed by atoms with Crippen molar-refractivity contribution >= 4 is 86.4 Å². The Morgan fingerprint density at radius 2 is 1.97 bits per heavy atom. The number of thiophene rings is 1. The van der Waals surface area contributed by atoms with Crippen LogP contribution in [0, 0.1) is 0 Å². The topological polar surface area (TPSA) is 73.4 Å². The van der Waals surface area contributed by atoms with Crippen LogP contribution in [0.25, 0.3) is 20.7 Å². The molecule has 37 heavy (non-hydrogen) atoms. The molecular weight excluding hydrogens is 619 g/mol. The van der Waals surface area contributed by atoms with E-state index in [0.717, 1.165) is 76.1 Å². The van der Waals surface area contributed by atoms with Gasteiger partial charge in [0.15, 0.2) is 0 Å². The highest BCUT2D eigenvalue weighted by Crippen LogP contribution is 2.37. The van der Waals surface area contributed by atoms with Gasteiger partial charge in [0.2, 0.25) is 5.95 Å². The molecule has 5 rings (SSSR count). The molecule has 12 heteroatoms. The zero-order valence-electron chi connectivity index (χ0n) is 20.7. The largest absolute Gasteiger partial charge is 0.354 e. The van der Waals surface area contributed by atoms with Crippen molar-refractivity contribution in [2.24, 2.45) is 0 Å². The van der Waals surface area contributed by atoms with E-state index in [2.05, 4.69) is 60.5 Å². The third kappa shape index (κ3) is 8.39. The minimum Gasteiger partial charge on any atom is -0.354 e. The van der Waals surface area contributed by atoms with Crippen molar-refractivity contribution < 1.29 is 4.79 Å². The normalized spacial score (nSPS) is 16.2. The molecule has 2 aliphatic rings. The summed E-state index contributed by atoms with van der Waals surface area (Å²) in [6, 6.07) is 8.34. The highest BCUT2D eigenvalue weighted by Gasteiger charge is 2.25. The Bertz CT molecular complexity index is 1180. The first-order valence-electron chi connectivity index (χ1n) is 12.1. The van der Waals surface area contributed by atoms with Crippen LogP contribution >= 0.6 is 64.5 Å². The number of nitrogens with one attached hydrogen (secondary N) is 2. The summed E-state index contributed by atoms with van der Waals surface area (Å²) in [4.78, 5) is 28.0. The van der Waals surface area contributed by atoms with Crippen LogP contribution in [0.3, 0.4) is 0 Å². The second kappa shape index (κ2) is 14.8. The number of halogens is 4. The summed E-state index contributed by atoms with van der Waals surface area (Å²) >= 11 is 5.27. The monoisotopic (exact) mass is 650 g/mol. The van der Waals surface area contributed by atoms with Gasteiger partial charge in [0, 0.05) is 47.5 Å². The fourth-order valence-electron chi connectivity index (χ4n) is 4.32. The van der Waals surface area contributed by atoms with Crippen LogP contribution in [0.1, 0.15) is 36.0 Å². The summed E-state index contributed by atoms with van der Waals surface area (Å²) in [5.74, 6) is 0.649. The van der Waals surface area contributed by atoms with Gasteiger partial charge in [0.25, 0.3) is 5.91 Å². The third-order valence-electron chi connectivity index (χ3n) is 6.44. The molecule has 0 bridgehead atoms. The van der Waals surface area contributed by atoms with E-state index in [1.54, 1.807) is 17.5 Å². The number of benzene rings is 1. The van der Waals surface area contributed by atoms with Crippen LogP contribution in [0.15, 0.2) is 34.9 Å². The Labute approximate surface area is 249 Å². The molecule has 2 aromatic heterocycles. The van der Waals surface area contributed by atoms with Crippen LogP contribution in [0.2, 0.25) is 0 Å². The number of hydrogen-bond donors (Lipinski definition) is 2. The average Bonchev–Trinajstić information content (AvgIpc) is 3.58. The molecule has 0 atom stereocenters. The molecule has 3 heterocycles. The fraction of sp³-hybridized carbons (Fsp3) is 0.480. The Balaban J connectivity index is 0.00000160. The minimum atomic E-state index is 0. The lowest BCUT2D eigenvalue weighted by molar-refractivity contribution is 0.0953. The maximum atomic E-state index is 12.7. The van der Waals surface area contributed by atoms with Gasteiger partial charge in [-0.2, -0.15) is 0 Å². The van der Waals surface area contributed by atoms with E-state index in [0.29, 0.717) is 12.0 Å². The molecular formula is C25H34BrCl3N6OS. The van der Waals surface area contributed by atoms with Crippen LogP contribution in [0.5, 0.6) is 0 Å². The molecule has 1 amide bonds. The number of amides is 1. The third-order valence-corrected chi connectivity index (χ3v) is 8.13. The Kier molecular flexibility index (Phi) is 12.8. The smallest absolute Gasteiger partial charge is 0.252 e. The van der Waals surface area contributed by atoms with Crippen molar-refractivity contribution in [2.75, 3.05) is 51.6 Å². The van der Waals surface area contributed by atoms with Gasteiger partial charge in [-0.15, -0.1) is 48.6 Å². The highest BCUT2D eigenvalue weighted by molar-refractivity contribution is 9.10. The van der Waals surface area contributed by atoms with Crippen LogP contribution in [-0.2, 0) is 0 Å². The number of fused-ring (bicyclic) bond motifs is 1. The quantitative estimate of drug-likeness (QED) is 0.304. The summed E-state index contributed by atoms with van der Waals surface area (Å²) in [5, 5.41) is 7.48. The Morgan fingerprint density at radius 1 is 1.16 bits per heavy atom. The highest BCUT2D eigenvalue weighted by atomic mass is 79.9. The van der Waals surface area contributed by atoms with Gasteiger partial charge >= 0.3 is 0 Å². The number of anilines is 1. The van der Waals surface area contributed by atoms with E-state index >= 15 is 0 Å². The SMILES string of the molecule is CN1CCCN(CCCNc2ncc(Br)c(-c3cc4c(C(=O)NC5CC5)cccc4s3)n2)CC1.Cl.Cl.Cl. The summed E-state index contributed by atoms with van der Waals surface area (Å²) < 4.78 is 1.93. The van der Waals surface area contributed by atoms with Gasteiger partial charge in [-0.1, -0.05) is 6.07 Å². The van der Waals surface area contributed by atoms with Crippen molar-refractivity contribution in [1.82, 2.24) is 25.1 Å². The first kappa shape index (κ1) is 32.0. The molecule has 2 fully saturated rings. The van der Waals surface area contributed by atoms with Crippen LogP contribution < -0.4 is 10.6 Å². The number of hydrogen-bond acceptors (Lipinski definition) is 7. The van der Waals surface area contributed by atoms with Gasteiger partial charge in [-0.3, -0.25) is 4.79 Å². The molecule has 7 nitrogen and oxygen atoms in total. The van der Waals surface area contributed by atoms with Crippen molar-refractivity contribution in [2.45, 2.75) is 31.7 Å². The zero-order chi connectivity index (χ0) is 23.5. The zero-order valence-corrected chi connectivity index (χ0v) is 25.6. The number of nitrogens with zero attached hydrogens (tertiary/aromatic N) is 4. The van der Waals surface area contributed by atoms with Crippen molar-refractivity contribution in [3.63, 3.8) is 0 Å². The van der Waals surface area contributed by atoms with E-state index in [9.17, 15) is 4.79 Å². The lowest BCUT2D eigenvalue weighted by atomic mass is 10.1. The van der Waals surface area contributed by atoms with Crippen molar-refractivity contribution in [3.05, 3.63) is 40.5 Å². The first-order chi connectivity index (χ1) is 16.6. The van der Waals surface area contributed by atoms with E-state index in [1.807, 2.05) is 12.1 Å². The molecule has 1 aromatic carbocycles. The number of carbonyl (C=O) groups excluding carboxylic acids is 1. The fourth-order valence-corrected chi connectivity index (χ4v) is 5.95. The number of carbonyl (C=O) groups is 1. The van der Waals surface area contributed by atoms with Crippen molar-refractivity contribution in [3.8, 4) is 10.6 Å². The van der Waals surface area contributed by atoms with Gasteiger partial charge in [0.05, 0.1) is 9.35 Å². The van der Waals surface area contributed by atoms with E-state index in [1.165, 1.54) is 19.5 Å². The summed E-state index contributed by atoms with van der Waals surface area (Å²) in [6.45, 7) is 6.58. The van der Waals surface area contributed by atoms with Crippen LogP contribution in [0.4, 0.5) is 5.95 Å². The number of rotatable bonds is 8. The molecule has 0 unspecified atom stereocenters. The molecule has 204 valence electrons. The van der Waals surface area contributed by atoms with Gasteiger partial charge in [0.1, 0.15) is 5.69 Å². The summed E-state index contributed by atoms with van der Waals surface area (Å²) in [7, 11) is 2.20. The molecule has 0 spiro atoms. The molecule has 1 aliphatic carbocycles. The molecule has 0 radical (unpaired) electrons. The number of likely N-dealkylation sites (N-methyl/N-ethyl adjacent to an activating group) is 1. The van der Waals surface area contributed by atoms with Gasteiger partial charge in [-0.25, -0.2) is 9.97 Å². The lowest BCUT2D eigenvalue weighted by Crippen LogP contribution is -2.30. The molecule has 1 aliphatic heterocycles. The molecule has 1 saturated carbocycles. The van der Waals surface area contributed by atoms with E-state index in [4.69, 9.17) is 4.98 Å². The first-order valence-corrected chi connectivity index (χ1v) is 13.7. The number of aromatic nitrogens is 2. The van der Waals surface area contributed by atoms with Gasteiger partial charge in [-0.05, 0) is 86.5 Å². The molecule has 2 N–H and O–H groups in total. The minimum absolute atomic E-state index is 0. The lowest BCUT2D eigenvalue weighted by Gasteiger charge is -2.19.